The molecular weight excluding hydrogens is 420 g/mol. The Morgan fingerprint density at radius 3 is 2.77 bits per heavy atom. The summed E-state index contributed by atoms with van der Waals surface area (Å²) < 4.78 is 0. The van der Waals surface area contributed by atoms with Gasteiger partial charge in [-0.05, 0) is 39.3 Å². The van der Waals surface area contributed by atoms with E-state index in [0.717, 1.165) is 26.1 Å². The van der Waals surface area contributed by atoms with Crippen molar-refractivity contribution >= 4 is 29.5 Å². The van der Waals surface area contributed by atoms with E-state index in [-0.39, 0.29) is 40.8 Å². The molecule has 0 aromatic heterocycles. The number of β-lactam (4-membered cyclic amide) rings is 1. The van der Waals surface area contributed by atoms with E-state index in [0.29, 0.717) is 23.8 Å². The van der Waals surface area contributed by atoms with Gasteiger partial charge in [0.05, 0.1) is 24.1 Å². The van der Waals surface area contributed by atoms with Gasteiger partial charge >= 0.3 is 5.97 Å². The Labute approximate surface area is 186 Å². The molecule has 0 bridgehead atoms. The minimum Gasteiger partial charge on any atom is -0.477 e. The van der Waals surface area contributed by atoms with E-state index in [1.807, 2.05) is 18.9 Å². The van der Waals surface area contributed by atoms with Crippen molar-refractivity contribution in [1.29, 1.82) is 0 Å². The minimum atomic E-state index is -1.11. The molecule has 3 fully saturated rings. The van der Waals surface area contributed by atoms with E-state index in [4.69, 9.17) is 0 Å². The van der Waals surface area contributed by atoms with Crippen molar-refractivity contribution in [3.05, 3.63) is 10.6 Å². The van der Waals surface area contributed by atoms with Gasteiger partial charge in [-0.1, -0.05) is 6.92 Å². The SMILES string of the molecule is CNC[C@H]1CCN(C(=O)[C@@H]2C[C@H](SC3=C(C(=O)O)N4C(=O)[C@H]([C@@H](C)O)[C@H]4[C@H]3C)CN2)C1. The third-order valence-electron chi connectivity index (χ3n) is 7.08. The molecule has 0 radical (unpaired) electrons. The lowest BCUT2D eigenvalue weighted by Gasteiger charge is -2.46. The van der Waals surface area contributed by atoms with Crippen molar-refractivity contribution in [3.8, 4) is 0 Å². The number of carbonyl (C=O) groups is 3. The molecule has 31 heavy (non-hydrogen) atoms. The number of aliphatic hydroxyl groups excluding tert-OH is 1. The van der Waals surface area contributed by atoms with E-state index in [2.05, 4.69) is 10.6 Å². The Morgan fingerprint density at radius 2 is 2.13 bits per heavy atom. The molecule has 0 saturated carbocycles. The molecule has 0 spiro atoms. The first-order valence-electron chi connectivity index (χ1n) is 11.1. The van der Waals surface area contributed by atoms with Crippen LogP contribution in [-0.4, -0.2) is 94.5 Å². The number of carboxylic acid groups (broad SMARTS) is 1. The number of nitrogens with one attached hydrogen (secondary N) is 2. The maximum atomic E-state index is 12.9. The topological polar surface area (TPSA) is 122 Å². The highest BCUT2D eigenvalue weighted by atomic mass is 32.2. The van der Waals surface area contributed by atoms with E-state index in [1.54, 1.807) is 6.92 Å². The van der Waals surface area contributed by atoms with Crippen molar-refractivity contribution in [2.75, 3.05) is 33.2 Å². The Bertz CT molecular complexity index is 803. The summed E-state index contributed by atoms with van der Waals surface area (Å²) in [6, 6.07) is -0.554. The monoisotopic (exact) mass is 452 g/mol. The van der Waals surface area contributed by atoms with Crippen LogP contribution in [0.1, 0.15) is 26.7 Å². The normalized spacial score (nSPS) is 36.1. The van der Waals surface area contributed by atoms with Crippen LogP contribution in [0, 0.1) is 17.8 Å². The highest BCUT2D eigenvalue weighted by Crippen LogP contribution is 2.51. The summed E-state index contributed by atoms with van der Waals surface area (Å²) in [7, 11) is 1.93. The molecule has 9 nitrogen and oxygen atoms in total. The Hall–Kier alpha value is -1.62. The molecule has 7 atom stereocenters. The highest BCUT2D eigenvalue weighted by molar-refractivity contribution is 8.03. The van der Waals surface area contributed by atoms with Crippen LogP contribution in [0.15, 0.2) is 10.6 Å². The number of aliphatic hydroxyl groups is 1. The molecule has 0 aromatic rings. The summed E-state index contributed by atoms with van der Waals surface area (Å²) in [5.74, 6) is -1.51. The quantitative estimate of drug-likeness (QED) is 0.388. The van der Waals surface area contributed by atoms with Crippen LogP contribution in [0.5, 0.6) is 0 Å². The molecule has 4 rings (SSSR count). The zero-order chi connectivity index (χ0) is 22.4. The second-order valence-corrected chi connectivity index (χ2v) is 10.5. The first-order chi connectivity index (χ1) is 14.7. The standard InChI is InChI=1S/C21H32N4O5S/c1-10-16-15(11(2)26)20(28)25(16)17(21(29)30)18(10)31-13-6-14(23-8-13)19(27)24-5-4-12(9-24)7-22-3/h10-16,22-23,26H,4-9H2,1-3H3,(H,29,30)/t10-,11-,12-,13+,14+,15-,16-/m1/s1. The fraction of sp³-hybridized carbons (Fsp3) is 0.762. The number of hydrogen-bond donors (Lipinski definition) is 4. The number of amides is 2. The van der Waals surface area contributed by atoms with E-state index < -0.39 is 18.0 Å². The first-order valence-corrected chi connectivity index (χ1v) is 11.9. The molecule has 4 aliphatic heterocycles. The molecule has 3 saturated heterocycles. The lowest BCUT2D eigenvalue weighted by molar-refractivity contribution is -0.163. The van der Waals surface area contributed by atoms with Crippen molar-refractivity contribution < 1.29 is 24.6 Å². The summed E-state index contributed by atoms with van der Waals surface area (Å²) in [6.07, 6.45) is 0.843. The summed E-state index contributed by atoms with van der Waals surface area (Å²) in [5, 5.41) is 26.3. The molecular formula is C21H32N4O5S. The van der Waals surface area contributed by atoms with E-state index in [9.17, 15) is 24.6 Å². The van der Waals surface area contributed by atoms with Gasteiger partial charge in [0.25, 0.3) is 0 Å². The average Bonchev–Trinajstić information content (AvgIpc) is 3.41. The van der Waals surface area contributed by atoms with Crippen LogP contribution in [0.4, 0.5) is 0 Å². The highest BCUT2D eigenvalue weighted by Gasteiger charge is 2.60. The zero-order valence-electron chi connectivity index (χ0n) is 18.2. The number of nitrogens with zero attached hydrogens (tertiary/aromatic N) is 2. The fourth-order valence-electron chi connectivity index (χ4n) is 5.55. The molecule has 4 heterocycles. The van der Waals surface area contributed by atoms with Gasteiger partial charge in [-0.25, -0.2) is 4.79 Å². The second-order valence-electron chi connectivity index (χ2n) is 9.20. The lowest BCUT2D eigenvalue weighted by Crippen LogP contribution is -2.63. The van der Waals surface area contributed by atoms with Gasteiger partial charge < -0.3 is 30.6 Å². The molecule has 10 heteroatoms. The number of rotatable bonds is 7. The van der Waals surface area contributed by atoms with Gasteiger partial charge in [0.15, 0.2) is 0 Å². The molecule has 4 N–H and O–H groups in total. The number of hydrogen-bond acceptors (Lipinski definition) is 7. The number of carboxylic acids is 1. The van der Waals surface area contributed by atoms with Crippen LogP contribution in [0.3, 0.4) is 0 Å². The predicted octanol–water partition coefficient (Wildman–Crippen LogP) is -0.328. The van der Waals surface area contributed by atoms with E-state index in [1.165, 1.54) is 16.7 Å². The smallest absolute Gasteiger partial charge is 0.353 e. The molecule has 172 valence electrons. The largest absolute Gasteiger partial charge is 0.477 e. The Balaban J connectivity index is 1.41. The molecule has 0 aromatic carbocycles. The van der Waals surface area contributed by atoms with Gasteiger partial charge in [-0.2, -0.15) is 0 Å². The molecule has 2 amide bonds. The fourth-order valence-corrected chi connectivity index (χ4v) is 7.03. The summed E-state index contributed by atoms with van der Waals surface area (Å²) >= 11 is 1.48. The molecule has 0 aliphatic carbocycles. The predicted molar refractivity (Wildman–Crippen MR) is 116 cm³/mol. The van der Waals surface area contributed by atoms with Crippen molar-refractivity contribution in [2.24, 2.45) is 17.8 Å². The number of aliphatic carboxylic acids is 1. The summed E-state index contributed by atoms with van der Waals surface area (Å²) in [6.45, 7) is 6.60. The van der Waals surface area contributed by atoms with E-state index >= 15 is 0 Å². The van der Waals surface area contributed by atoms with Gasteiger partial charge in [0.2, 0.25) is 11.8 Å². The third kappa shape index (κ3) is 3.88. The Morgan fingerprint density at radius 1 is 1.39 bits per heavy atom. The molecule has 0 unspecified atom stereocenters. The first kappa shape index (κ1) is 22.6. The van der Waals surface area contributed by atoms with Gasteiger partial charge in [-0.15, -0.1) is 11.8 Å². The lowest BCUT2D eigenvalue weighted by atomic mass is 9.79. The van der Waals surface area contributed by atoms with Crippen molar-refractivity contribution in [1.82, 2.24) is 20.4 Å². The number of likely N-dealkylation sites (tertiary alicyclic amines) is 1. The number of fused-ring (bicyclic) bond motifs is 1. The maximum absolute atomic E-state index is 12.9. The van der Waals surface area contributed by atoms with Gasteiger partial charge in [0.1, 0.15) is 5.70 Å². The number of carbonyl (C=O) groups excluding carboxylic acids is 2. The summed E-state index contributed by atoms with van der Waals surface area (Å²) in [4.78, 5) is 41.4. The van der Waals surface area contributed by atoms with Crippen molar-refractivity contribution in [2.45, 2.75) is 50.1 Å². The zero-order valence-corrected chi connectivity index (χ0v) is 19.0. The van der Waals surface area contributed by atoms with Crippen molar-refractivity contribution in [3.63, 3.8) is 0 Å². The van der Waals surface area contributed by atoms with Crippen LogP contribution in [0.25, 0.3) is 0 Å². The summed E-state index contributed by atoms with van der Waals surface area (Å²) in [5.41, 5.74) is 0.0497. The Kier molecular flexibility index (Phi) is 6.35. The van der Waals surface area contributed by atoms with Crippen LogP contribution in [0.2, 0.25) is 0 Å². The minimum absolute atomic E-state index is 0.0497. The van der Waals surface area contributed by atoms with Gasteiger partial charge in [0, 0.05) is 35.7 Å². The number of thioether (sulfide) groups is 1. The van der Waals surface area contributed by atoms with Gasteiger partial charge in [-0.3, -0.25) is 9.59 Å². The van der Waals surface area contributed by atoms with Crippen LogP contribution in [-0.2, 0) is 14.4 Å². The molecule has 4 aliphatic rings. The maximum Gasteiger partial charge on any atom is 0.353 e. The third-order valence-corrected chi connectivity index (χ3v) is 8.60. The average molecular weight is 453 g/mol. The van der Waals surface area contributed by atoms with Crippen LogP contribution >= 0.6 is 11.8 Å². The second kappa shape index (κ2) is 8.73. The van der Waals surface area contributed by atoms with Crippen LogP contribution < -0.4 is 10.6 Å².